The summed E-state index contributed by atoms with van der Waals surface area (Å²) in [5.41, 5.74) is 3.01. The first kappa shape index (κ1) is 17.1. The van der Waals surface area contributed by atoms with Crippen molar-refractivity contribution < 1.29 is 19.1 Å². The molecule has 0 saturated heterocycles. The van der Waals surface area contributed by atoms with Crippen LogP contribution in [-0.4, -0.2) is 28.4 Å². The Kier molecular flexibility index (Phi) is 4.83. The van der Waals surface area contributed by atoms with Gasteiger partial charge in [0.15, 0.2) is 0 Å². The minimum atomic E-state index is -0.967. The Hall–Kier alpha value is -2.69. The van der Waals surface area contributed by atoms with Gasteiger partial charge in [-0.25, -0.2) is 9.18 Å². The number of benzene rings is 2. The standard InChI is InChI=1S/C20H20FNO3/c1-13(9-14-3-2-4-18(21)10-14)19(23)22-8-7-15-5-6-16(20(24)25)11-17(15)12-22/h2-6,10-11,13H,7-9,12H2,1H3,(H,24,25). The summed E-state index contributed by atoms with van der Waals surface area (Å²) in [6, 6.07) is 11.4. The number of hydrogen-bond donors (Lipinski definition) is 1. The molecule has 1 aliphatic heterocycles. The number of carbonyl (C=O) groups excluding carboxylic acids is 1. The van der Waals surface area contributed by atoms with Crippen LogP contribution in [0, 0.1) is 11.7 Å². The van der Waals surface area contributed by atoms with Crippen molar-refractivity contribution in [1.82, 2.24) is 4.90 Å². The average Bonchev–Trinajstić information content (AvgIpc) is 2.60. The van der Waals surface area contributed by atoms with Crippen LogP contribution in [0.3, 0.4) is 0 Å². The van der Waals surface area contributed by atoms with E-state index in [1.807, 2.05) is 19.1 Å². The summed E-state index contributed by atoms with van der Waals surface area (Å²) < 4.78 is 13.3. The van der Waals surface area contributed by atoms with Crippen LogP contribution in [0.4, 0.5) is 4.39 Å². The third kappa shape index (κ3) is 3.87. The summed E-state index contributed by atoms with van der Waals surface area (Å²) in [4.78, 5) is 25.6. The van der Waals surface area contributed by atoms with Crippen LogP contribution in [0.5, 0.6) is 0 Å². The first-order valence-electron chi connectivity index (χ1n) is 8.32. The monoisotopic (exact) mass is 341 g/mol. The lowest BCUT2D eigenvalue weighted by Gasteiger charge is -2.31. The molecule has 0 fully saturated rings. The Morgan fingerprint density at radius 3 is 2.72 bits per heavy atom. The molecule has 5 heteroatoms. The van der Waals surface area contributed by atoms with E-state index in [2.05, 4.69) is 0 Å². The topological polar surface area (TPSA) is 57.6 Å². The number of carboxylic acids is 1. The van der Waals surface area contributed by atoms with Gasteiger partial charge in [-0.3, -0.25) is 4.79 Å². The van der Waals surface area contributed by atoms with E-state index in [4.69, 9.17) is 5.11 Å². The van der Waals surface area contributed by atoms with Crippen molar-refractivity contribution in [1.29, 1.82) is 0 Å². The van der Waals surface area contributed by atoms with Gasteiger partial charge in [-0.1, -0.05) is 25.1 Å². The Morgan fingerprint density at radius 2 is 2.00 bits per heavy atom. The number of fused-ring (bicyclic) bond motifs is 1. The molecule has 1 heterocycles. The average molecular weight is 341 g/mol. The van der Waals surface area contributed by atoms with Crippen molar-refractivity contribution in [3.63, 3.8) is 0 Å². The molecule has 1 atom stereocenters. The highest BCUT2D eigenvalue weighted by Crippen LogP contribution is 2.23. The molecule has 2 aromatic rings. The number of aromatic carboxylic acids is 1. The molecular weight excluding hydrogens is 321 g/mol. The van der Waals surface area contributed by atoms with Crippen LogP contribution in [0.25, 0.3) is 0 Å². The van der Waals surface area contributed by atoms with Gasteiger partial charge in [-0.05, 0) is 53.8 Å². The summed E-state index contributed by atoms with van der Waals surface area (Å²) in [5.74, 6) is -1.52. The van der Waals surface area contributed by atoms with E-state index in [0.717, 1.165) is 16.7 Å². The Bertz CT molecular complexity index is 818. The van der Waals surface area contributed by atoms with Crippen LogP contribution < -0.4 is 0 Å². The van der Waals surface area contributed by atoms with E-state index in [0.29, 0.717) is 25.9 Å². The Morgan fingerprint density at radius 1 is 1.20 bits per heavy atom. The Labute approximate surface area is 145 Å². The van der Waals surface area contributed by atoms with Crippen LogP contribution in [0.15, 0.2) is 42.5 Å². The summed E-state index contributed by atoms with van der Waals surface area (Å²) in [7, 11) is 0. The maximum Gasteiger partial charge on any atom is 0.335 e. The van der Waals surface area contributed by atoms with Crippen molar-refractivity contribution >= 4 is 11.9 Å². The van der Waals surface area contributed by atoms with Crippen LogP contribution in [-0.2, 0) is 24.2 Å². The minimum absolute atomic E-state index is 0.00985. The van der Waals surface area contributed by atoms with Crippen molar-refractivity contribution in [2.24, 2.45) is 5.92 Å². The molecule has 2 aromatic carbocycles. The van der Waals surface area contributed by atoms with E-state index < -0.39 is 5.97 Å². The molecule has 1 amide bonds. The van der Waals surface area contributed by atoms with Gasteiger partial charge >= 0.3 is 5.97 Å². The third-order valence-corrected chi connectivity index (χ3v) is 4.63. The number of carboxylic acid groups (broad SMARTS) is 1. The van der Waals surface area contributed by atoms with Gasteiger partial charge in [0, 0.05) is 19.0 Å². The second-order valence-corrected chi connectivity index (χ2v) is 6.53. The van der Waals surface area contributed by atoms with Gasteiger partial charge in [0.05, 0.1) is 5.56 Å². The lowest BCUT2D eigenvalue weighted by atomic mass is 9.95. The zero-order valence-electron chi connectivity index (χ0n) is 14.0. The lowest BCUT2D eigenvalue weighted by Crippen LogP contribution is -2.39. The predicted octanol–water partition coefficient (Wildman–Crippen LogP) is 3.29. The van der Waals surface area contributed by atoms with Gasteiger partial charge in [-0.15, -0.1) is 0 Å². The highest BCUT2D eigenvalue weighted by molar-refractivity contribution is 5.88. The van der Waals surface area contributed by atoms with Crippen LogP contribution in [0.1, 0.15) is 34.0 Å². The fraction of sp³-hybridized carbons (Fsp3) is 0.300. The number of amides is 1. The SMILES string of the molecule is CC(Cc1cccc(F)c1)C(=O)N1CCc2ccc(C(=O)O)cc2C1. The van der Waals surface area contributed by atoms with Crippen molar-refractivity contribution in [2.75, 3.05) is 6.54 Å². The molecule has 4 nitrogen and oxygen atoms in total. The van der Waals surface area contributed by atoms with E-state index >= 15 is 0 Å². The normalized spacial score (nSPS) is 14.7. The molecule has 0 saturated carbocycles. The maximum absolute atomic E-state index is 13.3. The molecule has 25 heavy (non-hydrogen) atoms. The van der Waals surface area contributed by atoms with Gasteiger partial charge in [0.2, 0.25) is 5.91 Å². The predicted molar refractivity (Wildman–Crippen MR) is 91.8 cm³/mol. The smallest absolute Gasteiger partial charge is 0.335 e. The van der Waals surface area contributed by atoms with Crippen molar-refractivity contribution in [3.8, 4) is 0 Å². The van der Waals surface area contributed by atoms with E-state index in [1.165, 1.54) is 12.1 Å². The second-order valence-electron chi connectivity index (χ2n) is 6.53. The summed E-state index contributed by atoms with van der Waals surface area (Å²) in [5, 5.41) is 9.13. The van der Waals surface area contributed by atoms with Gasteiger partial charge < -0.3 is 10.0 Å². The van der Waals surface area contributed by atoms with E-state index in [-0.39, 0.29) is 23.2 Å². The molecule has 3 rings (SSSR count). The first-order valence-corrected chi connectivity index (χ1v) is 8.32. The number of carbonyl (C=O) groups is 2. The van der Waals surface area contributed by atoms with Gasteiger partial charge in [0.1, 0.15) is 5.82 Å². The Balaban J connectivity index is 1.71. The van der Waals surface area contributed by atoms with Crippen LogP contribution >= 0.6 is 0 Å². The molecule has 0 bridgehead atoms. The fourth-order valence-electron chi connectivity index (χ4n) is 3.29. The maximum atomic E-state index is 13.3. The number of nitrogens with zero attached hydrogens (tertiary/aromatic N) is 1. The molecule has 1 N–H and O–H groups in total. The van der Waals surface area contributed by atoms with Crippen molar-refractivity contribution in [3.05, 3.63) is 70.5 Å². The number of hydrogen-bond acceptors (Lipinski definition) is 2. The zero-order valence-corrected chi connectivity index (χ0v) is 14.0. The highest BCUT2D eigenvalue weighted by Gasteiger charge is 2.25. The quantitative estimate of drug-likeness (QED) is 0.928. The number of rotatable bonds is 4. The summed E-state index contributed by atoms with van der Waals surface area (Å²) >= 11 is 0. The van der Waals surface area contributed by atoms with Crippen LogP contribution in [0.2, 0.25) is 0 Å². The number of halogens is 1. The summed E-state index contributed by atoms with van der Waals surface area (Å²) in [6.45, 7) is 2.88. The molecule has 1 aliphatic rings. The molecule has 0 aromatic heterocycles. The van der Waals surface area contributed by atoms with E-state index in [1.54, 1.807) is 23.1 Å². The lowest BCUT2D eigenvalue weighted by molar-refractivity contribution is -0.135. The van der Waals surface area contributed by atoms with Crippen molar-refractivity contribution in [2.45, 2.75) is 26.3 Å². The summed E-state index contributed by atoms with van der Waals surface area (Å²) in [6.07, 6.45) is 1.20. The largest absolute Gasteiger partial charge is 0.478 e. The fourth-order valence-corrected chi connectivity index (χ4v) is 3.29. The molecule has 1 unspecified atom stereocenters. The molecule has 0 radical (unpaired) electrons. The minimum Gasteiger partial charge on any atom is -0.478 e. The third-order valence-electron chi connectivity index (χ3n) is 4.63. The van der Waals surface area contributed by atoms with E-state index in [9.17, 15) is 14.0 Å². The van der Waals surface area contributed by atoms with Gasteiger partial charge in [-0.2, -0.15) is 0 Å². The molecule has 130 valence electrons. The van der Waals surface area contributed by atoms with Gasteiger partial charge in [0.25, 0.3) is 0 Å². The second kappa shape index (κ2) is 7.05. The molecule has 0 spiro atoms. The highest BCUT2D eigenvalue weighted by atomic mass is 19.1. The molecular formula is C20H20FNO3. The zero-order chi connectivity index (χ0) is 18.0. The molecule has 0 aliphatic carbocycles. The first-order chi connectivity index (χ1) is 11.9.